The number of thiazole rings is 1. The van der Waals surface area contributed by atoms with E-state index in [0.717, 1.165) is 47.8 Å². The summed E-state index contributed by atoms with van der Waals surface area (Å²) < 4.78 is 1.97. The van der Waals surface area contributed by atoms with Gasteiger partial charge in [0.1, 0.15) is 4.88 Å². The van der Waals surface area contributed by atoms with Crippen molar-refractivity contribution in [1.29, 1.82) is 0 Å². The standard InChI is InChI=1S/C15H19N3OS/c1-2-3-6-12-13(14(19)16-11-7-8-11)20-15(17-12)18-9-4-5-10-18/h4-5,9-11H,2-3,6-8H2,1H3,(H,16,19). The van der Waals surface area contributed by atoms with Crippen LogP contribution in [0.1, 0.15) is 48.0 Å². The van der Waals surface area contributed by atoms with Gasteiger partial charge < -0.3 is 9.88 Å². The first-order chi connectivity index (χ1) is 9.78. The van der Waals surface area contributed by atoms with Crippen molar-refractivity contribution in [2.45, 2.75) is 45.1 Å². The lowest BCUT2D eigenvalue weighted by Crippen LogP contribution is -2.25. The maximum absolute atomic E-state index is 12.3. The molecule has 0 unspecified atom stereocenters. The van der Waals surface area contributed by atoms with Crippen LogP contribution in [-0.4, -0.2) is 21.5 Å². The van der Waals surface area contributed by atoms with Gasteiger partial charge in [0.2, 0.25) is 0 Å². The number of amides is 1. The molecule has 106 valence electrons. The quantitative estimate of drug-likeness (QED) is 0.888. The van der Waals surface area contributed by atoms with Crippen molar-refractivity contribution in [2.24, 2.45) is 0 Å². The van der Waals surface area contributed by atoms with Gasteiger partial charge in [0.25, 0.3) is 5.91 Å². The number of carbonyl (C=O) groups excluding carboxylic acids is 1. The van der Waals surface area contributed by atoms with Crippen molar-refractivity contribution in [1.82, 2.24) is 14.9 Å². The maximum atomic E-state index is 12.3. The summed E-state index contributed by atoms with van der Waals surface area (Å²) in [5.41, 5.74) is 0.943. The summed E-state index contributed by atoms with van der Waals surface area (Å²) in [4.78, 5) is 17.8. The van der Waals surface area contributed by atoms with Crippen LogP contribution in [0.25, 0.3) is 5.13 Å². The normalized spacial score (nSPS) is 14.4. The van der Waals surface area contributed by atoms with Crippen molar-refractivity contribution < 1.29 is 4.79 Å². The lowest BCUT2D eigenvalue weighted by molar-refractivity contribution is 0.0954. The predicted molar refractivity (Wildman–Crippen MR) is 80.5 cm³/mol. The summed E-state index contributed by atoms with van der Waals surface area (Å²) in [5, 5.41) is 3.94. The number of rotatable bonds is 6. The number of hydrogen-bond acceptors (Lipinski definition) is 3. The highest BCUT2D eigenvalue weighted by Crippen LogP contribution is 2.26. The minimum Gasteiger partial charge on any atom is -0.349 e. The molecule has 20 heavy (non-hydrogen) atoms. The molecular weight excluding hydrogens is 270 g/mol. The van der Waals surface area contributed by atoms with Crippen LogP contribution in [-0.2, 0) is 6.42 Å². The second-order valence-electron chi connectivity index (χ2n) is 5.21. The first-order valence-corrected chi connectivity index (χ1v) is 8.03. The van der Waals surface area contributed by atoms with Crippen molar-refractivity contribution >= 4 is 17.2 Å². The van der Waals surface area contributed by atoms with E-state index in [4.69, 9.17) is 0 Å². The van der Waals surface area contributed by atoms with Crippen LogP contribution < -0.4 is 5.32 Å². The van der Waals surface area contributed by atoms with Crippen molar-refractivity contribution in [3.8, 4) is 5.13 Å². The monoisotopic (exact) mass is 289 g/mol. The van der Waals surface area contributed by atoms with Crippen LogP contribution >= 0.6 is 11.3 Å². The molecule has 1 amide bonds. The molecule has 1 fully saturated rings. The van der Waals surface area contributed by atoms with E-state index in [9.17, 15) is 4.79 Å². The van der Waals surface area contributed by atoms with E-state index < -0.39 is 0 Å². The van der Waals surface area contributed by atoms with Gasteiger partial charge in [-0.2, -0.15) is 0 Å². The summed E-state index contributed by atoms with van der Waals surface area (Å²) in [5.74, 6) is 0.0505. The molecule has 1 saturated carbocycles. The van der Waals surface area contributed by atoms with Gasteiger partial charge in [-0.1, -0.05) is 24.7 Å². The SMILES string of the molecule is CCCCc1nc(-n2cccc2)sc1C(=O)NC1CC1. The van der Waals surface area contributed by atoms with Gasteiger partial charge in [-0.25, -0.2) is 4.98 Å². The summed E-state index contributed by atoms with van der Waals surface area (Å²) >= 11 is 1.49. The van der Waals surface area contributed by atoms with Crippen LogP contribution in [0.15, 0.2) is 24.5 Å². The van der Waals surface area contributed by atoms with Gasteiger partial charge in [0, 0.05) is 18.4 Å². The highest BCUT2D eigenvalue weighted by Gasteiger charge is 2.26. The molecule has 1 aliphatic carbocycles. The Morgan fingerprint density at radius 3 is 2.85 bits per heavy atom. The van der Waals surface area contributed by atoms with Crippen molar-refractivity contribution in [3.63, 3.8) is 0 Å². The number of nitrogens with one attached hydrogen (secondary N) is 1. The van der Waals surface area contributed by atoms with E-state index in [2.05, 4.69) is 17.2 Å². The first-order valence-electron chi connectivity index (χ1n) is 7.22. The lowest BCUT2D eigenvalue weighted by Gasteiger charge is -2.02. The molecule has 0 aliphatic heterocycles. The van der Waals surface area contributed by atoms with Crippen molar-refractivity contribution in [3.05, 3.63) is 35.1 Å². The molecule has 0 saturated heterocycles. The molecule has 1 aliphatic rings. The molecule has 3 rings (SSSR count). The van der Waals surface area contributed by atoms with E-state index in [1.807, 2.05) is 29.1 Å². The first kappa shape index (κ1) is 13.4. The summed E-state index contributed by atoms with van der Waals surface area (Å²) in [6, 6.07) is 4.33. The molecule has 0 spiro atoms. The molecule has 2 aromatic heterocycles. The Hall–Kier alpha value is -1.62. The number of aryl methyl sites for hydroxylation is 1. The lowest BCUT2D eigenvalue weighted by atomic mass is 10.2. The Balaban J connectivity index is 1.86. The second kappa shape index (κ2) is 5.79. The highest BCUT2D eigenvalue weighted by molar-refractivity contribution is 7.16. The van der Waals surface area contributed by atoms with Crippen molar-refractivity contribution in [2.75, 3.05) is 0 Å². The molecule has 5 heteroatoms. The molecule has 2 aromatic rings. The second-order valence-corrected chi connectivity index (χ2v) is 6.19. The maximum Gasteiger partial charge on any atom is 0.263 e. The Kier molecular flexibility index (Phi) is 3.87. The fourth-order valence-electron chi connectivity index (χ4n) is 2.08. The fourth-order valence-corrected chi connectivity index (χ4v) is 3.06. The van der Waals surface area contributed by atoms with Crippen LogP contribution in [0.3, 0.4) is 0 Å². The van der Waals surface area contributed by atoms with Gasteiger partial charge in [-0.15, -0.1) is 0 Å². The summed E-state index contributed by atoms with van der Waals surface area (Å²) in [6.07, 6.45) is 9.20. The molecule has 1 N–H and O–H groups in total. The van der Waals surface area contributed by atoms with Crippen LogP contribution in [0, 0.1) is 0 Å². The minimum atomic E-state index is 0.0505. The van der Waals surface area contributed by atoms with E-state index in [1.54, 1.807) is 0 Å². The molecule has 0 radical (unpaired) electrons. The molecular formula is C15H19N3OS. The Labute approximate surface area is 122 Å². The third-order valence-electron chi connectivity index (χ3n) is 3.40. The zero-order valence-corrected chi connectivity index (χ0v) is 12.4. The number of aromatic nitrogens is 2. The average molecular weight is 289 g/mol. The van der Waals surface area contributed by atoms with Crippen LogP contribution in [0.4, 0.5) is 0 Å². The average Bonchev–Trinajstić information content (AvgIpc) is 2.97. The van der Waals surface area contributed by atoms with Crippen LogP contribution in [0.5, 0.6) is 0 Å². The largest absolute Gasteiger partial charge is 0.349 e. The van der Waals surface area contributed by atoms with E-state index in [-0.39, 0.29) is 5.91 Å². The summed E-state index contributed by atoms with van der Waals surface area (Å²) in [6.45, 7) is 2.16. The number of carbonyl (C=O) groups is 1. The molecule has 0 aromatic carbocycles. The third kappa shape index (κ3) is 2.93. The molecule has 4 nitrogen and oxygen atoms in total. The Bertz CT molecular complexity index is 584. The molecule has 0 atom stereocenters. The van der Waals surface area contributed by atoms with Crippen LogP contribution in [0.2, 0.25) is 0 Å². The zero-order chi connectivity index (χ0) is 13.9. The van der Waals surface area contributed by atoms with Gasteiger partial charge in [0.15, 0.2) is 5.13 Å². The fraction of sp³-hybridized carbons (Fsp3) is 0.467. The van der Waals surface area contributed by atoms with Gasteiger partial charge in [-0.3, -0.25) is 4.79 Å². The Morgan fingerprint density at radius 2 is 2.20 bits per heavy atom. The number of nitrogens with zero attached hydrogens (tertiary/aromatic N) is 2. The topological polar surface area (TPSA) is 46.9 Å². The summed E-state index contributed by atoms with van der Waals surface area (Å²) in [7, 11) is 0. The highest BCUT2D eigenvalue weighted by atomic mass is 32.1. The third-order valence-corrected chi connectivity index (χ3v) is 4.51. The van der Waals surface area contributed by atoms with E-state index in [1.165, 1.54) is 11.3 Å². The predicted octanol–water partition coefficient (Wildman–Crippen LogP) is 3.17. The number of unbranched alkanes of at least 4 members (excludes halogenated alkanes) is 1. The zero-order valence-electron chi connectivity index (χ0n) is 11.6. The van der Waals surface area contributed by atoms with E-state index >= 15 is 0 Å². The smallest absolute Gasteiger partial charge is 0.263 e. The van der Waals surface area contributed by atoms with E-state index in [0.29, 0.717) is 6.04 Å². The van der Waals surface area contributed by atoms with Gasteiger partial charge in [-0.05, 0) is 37.8 Å². The minimum absolute atomic E-state index is 0.0505. The van der Waals surface area contributed by atoms with Gasteiger partial charge in [0.05, 0.1) is 5.69 Å². The molecule has 0 bridgehead atoms. The van der Waals surface area contributed by atoms with Gasteiger partial charge >= 0.3 is 0 Å². The number of hydrogen-bond donors (Lipinski definition) is 1. The Morgan fingerprint density at radius 1 is 1.45 bits per heavy atom. The molecule has 2 heterocycles.